The molecule has 0 spiro atoms. The third-order valence-electron chi connectivity index (χ3n) is 4.61. The maximum atomic E-state index is 5.30. The van der Waals surface area contributed by atoms with Gasteiger partial charge in [0.15, 0.2) is 0 Å². The largest absolute Gasteiger partial charge is 0.497 e. The van der Waals surface area contributed by atoms with Crippen molar-refractivity contribution in [1.29, 1.82) is 0 Å². The smallest absolute Gasteiger partial charge is 0.233 e. The first-order valence-electron chi connectivity index (χ1n) is 9.45. The number of benzene rings is 2. The summed E-state index contributed by atoms with van der Waals surface area (Å²) in [6, 6.07) is 15.8. The molecule has 1 aromatic heterocycles. The number of nitrogens with one attached hydrogen (secondary N) is 2. The summed E-state index contributed by atoms with van der Waals surface area (Å²) in [6.45, 7) is 3.99. The highest BCUT2D eigenvalue weighted by molar-refractivity contribution is 5.61. The van der Waals surface area contributed by atoms with E-state index in [9.17, 15) is 0 Å². The van der Waals surface area contributed by atoms with Crippen molar-refractivity contribution in [1.82, 2.24) is 15.0 Å². The lowest BCUT2D eigenvalue weighted by Gasteiger charge is -2.17. The van der Waals surface area contributed by atoms with E-state index in [-0.39, 0.29) is 0 Å². The summed E-state index contributed by atoms with van der Waals surface area (Å²) in [6.07, 6.45) is 2.32. The molecule has 28 heavy (non-hydrogen) atoms. The van der Waals surface area contributed by atoms with Gasteiger partial charge in [-0.1, -0.05) is 18.2 Å². The third-order valence-corrected chi connectivity index (χ3v) is 4.61. The van der Waals surface area contributed by atoms with E-state index in [0.29, 0.717) is 17.8 Å². The molecule has 2 heterocycles. The predicted molar refractivity (Wildman–Crippen MR) is 112 cm³/mol. The highest BCUT2D eigenvalue weighted by Gasteiger charge is 2.17. The second kappa shape index (κ2) is 8.12. The second-order valence-electron chi connectivity index (χ2n) is 6.83. The van der Waals surface area contributed by atoms with Crippen molar-refractivity contribution in [2.45, 2.75) is 19.8 Å². The summed E-state index contributed by atoms with van der Waals surface area (Å²) in [7, 11) is 1.65. The van der Waals surface area contributed by atoms with Crippen LogP contribution in [-0.4, -0.2) is 35.2 Å². The van der Waals surface area contributed by atoms with Crippen LogP contribution in [0.5, 0.6) is 5.75 Å². The molecule has 0 bridgehead atoms. The van der Waals surface area contributed by atoms with Gasteiger partial charge in [0.25, 0.3) is 0 Å². The molecule has 1 fully saturated rings. The quantitative estimate of drug-likeness (QED) is 0.665. The van der Waals surface area contributed by atoms with Crippen molar-refractivity contribution in [3.8, 4) is 5.75 Å². The van der Waals surface area contributed by atoms with Gasteiger partial charge in [0, 0.05) is 30.5 Å². The van der Waals surface area contributed by atoms with Crippen LogP contribution in [0, 0.1) is 6.92 Å². The molecule has 0 radical (unpaired) electrons. The predicted octanol–water partition coefficient (Wildman–Crippen LogP) is 4.28. The Kier molecular flexibility index (Phi) is 5.23. The number of anilines is 5. The van der Waals surface area contributed by atoms with Crippen molar-refractivity contribution < 1.29 is 4.74 Å². The van der Waals surface area contributed by atoms with Crippen LogP contribution in [0.15, 0.2) is 48.5 Å². The lowest BCUT2D eigenvalue weighted by molar-refractivity contribution is 0.415. The molecule has 0 unspecified atom stereocenters. The monoisotopic (exact) mass is 376 g/mol. The standard InChI is InChI=1S/C21H24N6O/c1-15-7-5-8-16(13-15)22-19-24-20(23-17-9-6-10-18(14-17)28-2)26-21(25-19)27-11-3-4-12-27/h5-10,13-14H,3-4,11-12H2,1-2H3,(H2,22,23,24,25,26). The van der Waals surface area contributed by atoms with E-state index in [1.165, 1.54) is 5.56 Å². The zero-order chi connectivity index (χ0) is 19.3. The van der Waals surface area contributed by atoms with Crippen LogP contribution in [0.4, 0.5) is 29.2 Å². The maximum Gasteiger partial charge on any atom is 0.233 e. The summed E-state index contributed by atoms with van der Waals surface area (Å²) in [5.41, 5.74) is 2.99. The van der Waals surface area contributed by atoms with Crippen molar-refractivity contribution in [3.05, 3.63) is 54.1 Å². The highest BCUT2D eigenvalue weighted by Crippen LogP contribution is 2.24. The van der Waals surface area contributed by atoms with Gasteiger partial charge < -0.3 is 20.3 Å². The van der Waals surface area contributed by atoms with E-state index in [2.05, 4.69) is 49.5 Å². The van der Waals surface area contributed by atoms with Crippen LogP contribution in [0.3, 0.4) is 0 Å². The second-order valence-corrected chi connectivity index (χ2v) is 6.83. The molecule has 7 nitrogen and oxygen atoms in total. The molecule has 7 heteroatoms. The van der Waals surface area contributed by atoms with Crippen LogP contribution < -0.4 is 20.3 Å². The van der Waals surface area contributed by atoms with E-state index >= 15 is 0 Å². The summed E-state index contributed by atoms with van der Waals surface area (Å²) in [4.78, 5) is 16.0. The zero-order valence-corrected chi connectivity index (χ0v) is 16.1. The number of hydrogen-bond acceptors (Lipinski definition) is 7. The van der Waals surface area contributed by atoms with Crippen LogP contribution >= 0.6 is 0 Å². The lowest BCUT2D eigenvalue weighted by atomic mass is 10.2. The molecule has 4 rings (SSSR count). The first-order chi connectivity index (χ1) is 13.7. The van der Waals surface area contributed by atoms with Crippen molar-refractivity contribution in [2.24, 2.45) is 0 Å². The summed E-state index contributed by atoms with van der Waals surface area (Å²) >= 11 is 0. The first kappa shape index (κ1) is 18.0. The number of nitrogens with zero attached hydrogens (tertiary/aromatic N) is 4. The molecule has 144 valence electrons. The van der Waals surface area contributed by atoms with Gasteiger partial charge in [-0.25, -0.2) is 0 Å². The summed E-state index contributed by atoms with van der Waals surface area (Å²) < 4.78 is 5.30. The summed E-state index contributed by atoms with van der Waals surface area (Å²) in [5.74, 6) is 2.48. The fraction of sp³-hybridized carbons (Fsp3) is 0.286. The van der Waals surface area contributed by atoms with E-state index in [0.717, 1.165) is 43.1 Å². The van der Waals surface area contributed by atoms with Gasteiger partial charge in [-0.3, -0.25) is 0 Å². The average Bonchev–Trinajstić information content (AvgIpc) is 3.23. The Hall–Kier alpha value is -3.35. The summed E-state index contributed by atoms with van der Waals surface area (Å²) in [5, 5.41) is 6.57. The number of hydrogen-bond donors (Lipinski definition) is 2. The van der Waals surface area contributed by atoms with Crippen molar-refractivity contribution in [2.75, 3.05) is 35.7 Å². The molecule has 0 atom stereocenters. The van der Waals surface area contributed by atoms with Crippen LogP contribution in [0.1, 0.15) is 18.4 Å². The molecular weight excluding hydrogens is 352 g/mol. The molecule has 1 saturated heterocycles. The maximum absolute atomic E-state index is 5.30. The molecule has 2 aromatic carbocycles. The minimum absolute atomic E-state index is 0.500. The Morgan fingerprint density at radius 2 is 1.50 bits per heavy atom. The fourth-order valence-electron chi connectivity index (χ4n) is 3.22. The van der Waals surface area contributed by atoms with Crippen LogP contribution in [0.2, 0.25) is 0 Å². The van der Waals surface area contributed by atoms with Gasteiger partial charge in [0.2, 0.25) is 17.8 Å². The molecule has 0 saturated carbocycles. The van der Waals surface area contributed by atoms with Gasteiger partial charge in [-0.15, -0.1) is 0 Å². The van der Waals surface area contributed by atoms with Gasteiger partial charge in [0.1, 0.15) is 5.75 Å². The third kappa shape index (κ3) is 4.31. The first-order valence-corrected chi connectivity index (χ1v) is 9.45. The molecule has 0 aliphatic carbocycles. The van der Waals surface area contributed by atoms with Crippen molar-refractivity contribution >= 4 is 29.2 Å². The zero-order valence-electron chi connectivity index (χ0n) is 16.1. The Balaban J connectivity index is 1.65. The molecule has 1 aliphatic rings. The average molecular weight is 376 g/mol. The Labute approximate surface area is 164 Å². The van der Waals surface area contributed by atoms with Crippen molar-refractivity contribution in [3.63, 3.8) is 0 Å². The number of aryl methyl sites for hydroxylation is 1. The Bertz CT molecular complexity index is 955. The number of rotatable bonds is 6. The normalized spacial score (nSPS) is 13.4. The number of methoxy groups -OCH3 is 1. The van der Waals surface area contributed by atoms with E-state index in [4.69, 9.17) is 4.74 Å². The van der Waals surface area contributed by atoms with Gasteiger partial charge in [0.05, 0.1) is 7.11 Å². The van der Waals surface area contributed by atoms with E-state index < -0.39 is 0 Å². The topological polar surface area (TPSA) is 75.2 Å². The van der Waals surface area contributed by atoms with Crippen LogP contribution in [0.25, 0.3) is 0 Å². The lowest BCUT2D eigenvalue weighted by Crippen LogP contribution is -2.21. The molecule has 3 aromatic rings. The number of aromatic nitrogens is 3. The Morgan fingerprint density at radius 1 is 0.857 bits per heavy atom. The van der Waals surface area contributed by atoms with E-state index in [1.54, 1.807) is 7.11 Å². The minimum atomic E-state index is 0.500. The van der Waals surface area contributed by atoms with E-state index in [1.807, 2.05) is 36.4 Å². The highest BCUT2D eigenvalue weighted by atomic mass is 16.5. The van der Waals surface area contributed by atoms with Gasteiger partial charge >= 0.3 is 0 Å². The molecule has 0 amide bonds. The number of ether oxygens (including phenoxy) is 1. The Morgan fingerprint density at radius 3 is 2.14 bits per heavy atom. The molecular formula is C21H24N6O. The van der Waals surface area contributed by atoms with Gasteiger partial charge in [-0.05, 0) is 49.6 Å². The molecule has 2 N–H and O–H groups in total. The van der Waals surface area contributed by atoms with Gasteiger partial charge in [-0.2, -0.15) is 15.0 Å². The fourth-order valence-corrected chi connectivity index (χ4v) is 3.22. The van der Waals surface area contributed by atoms with Crippen LogP contribution in [-0.2, 0) is 0 Å². The minimum Gasteiger partial charge on any atom is -0.497 e. The molecule has 1 aliphatic heterocycles. The SMILES string of the molecule is COc1cccc(Nc2nc(Nc3cccc(C)c3)nc(N3CCCC3)n2)c1.